The summed E-state index contributed by atoms with van der Waals surface area (Å²) in [6.45, 7) is 1.40. The summed E-state index contributed by atoms with van der Waals surface area (Å²) >= 11 is 0. The number of alkyl halides is 3. The molecule has 4 nitrogen and oxygen atoms in total. The maximum absolute atomic E-state index is 12.0. The summed E-state index contributed by atoms with van der Waals surface area (Å²) in [6, 6.07) is 3.93. The van der Waals surface area contributed by atoms with Gasteiger partial charge in [-0.25, -0.2) is 0 Å². The average Bonchev–Trinajstić information content (AvgIpc) is 2.15. The van der Waals surface area contributed by atoms with Crippen molar-refractivity contribution in [3.8, 4) is 0 Å². The van der Waals surface area contributed by atoms with E-state index in [2.05, 4.69) is 0 Å². The molecule has 0 unspecified atom stereocenters. The Morgan fingerprint density at radius 1 is 1.41 bits per heavy atom. The van der Waals surface area contributed by atoms with E-state index in [1.165, 1.54) is 19.1 Å². The predicted octanol–water partition coefficient (Wildman–Crippen LogP) is 2.58. The van der Waals surface area contributed by atoms with Crippen LogP contribution in [-0.4, -0.2) is 16.9 Å². The molecule has 0 aliphatic rings. The maximum atomic E-state index is 12.0. The van der Waals surface area contributed by atoms with E-state index < -0.39 is 29.0 Å². The van der Waals surface area contributed by atoms with Crippen molar-refractivity contribution < 1.29 is 22.9 Å². The zero-order valence-electron chi connectivity index (χ0n) is 8.75. The van der Waals surface area contributed by atoms with Crippen molar-refractivity contribution in [1.29, 1.82) is 0 Å². The van der Waals surface area contributed by atoms with E-state index in [0.717, 1.165) is 6.07 Å². The van der Waals surface area contributed by atoms with Gasteiger partial charge in [-0.2, -0.15) is 13.2 Å². The molecule has 0 radical (unpaired) electrons. The van der Waals surface area contributed by atoms with Crippen molar-refractivity contribution in [2.75, 3.05) is 0 Å². The van der Waals surface area contributed by atoms with Crippen LogP contribution in [0, 0.1) is 17.0 Å². The second kappa shape index (κ2) is 4.52. The Morgan fingerprint density at radius 3 is 2.47 bits per heavy atom. The first-order valence-electron chi connectivity index (χ1n) is 4.56. The average molecular weight is 247 g/mol. The van der Waals surface area contributed by atoms with Crippen molar-refractivity contribution in [2.24, 2.45) is 0 Å². The third-order valence-corrected chi connectivity index (χ3v) is 2.17. The van der Waals surface area contributed by atoms with Crippen LogP contribution in [0.25, 0.3) is 0 Å². The number of carbonyl (C=O) groups excluding carboxylic acids is 1. The molecule has 0 saturated carbocycles. The minimum Gasteiger partial charge on any atom is -0.289 e. The first-order valence-corrected chi connectivity index (χ1v) is 4.56. The highest BCUT2D eigenvalue weighted by atomic mass is 19.4. The third kappa shape index (κ3) is 3.02. The molecule has 0 aromatic heterocycles. The van der Waals surface area contributed by atoms with E-state index in [4.69, 9.17) is 0 Å². The van der Waals surface area contributed by atoms with Crippen LogP contribution >= 0.6 is 0 Å². The molecule has 0 heterocycles. The molecular formula is C10H8F3NO3. The molecule has 1 rings (SSSR count). The highest BCUT2D eigenvalue weighted by Crippen LogP contribution is 2.26. The summed E-state index contributed by atoms with van der Waals surface area (Å²) in [5.74, 6) is -1.99. The van der Waals surface area contributed by atoms with Crippen molar-refractivity contribution in [3.05, 3.63) is 39.4 Å². The molecule has 0 amide bonds. The second-order valence-electron chi connectivity index (χ2n) is 3.44. The van der Waals surface area contributed by atoms with Crippen LogP contribution in [0.15, 0.2) is 18.2 Å². The number of halogens is 3. The Kier molecular flexibility index (Phi) is 3.50. The number of nitro benzene ring substituents is 1. The van der Waals surface area contributed by atoms with Gasteiger partial charge in [-0.15, -0.1) is 0 Å². The van der Waals surface area contributed by atoms with Gasteiger partial charge in [-0.3, -0.25) is 14.9 Å². The zero-order valence-corrected chi connectivity index (χ0v) is 8.75. The standard InChI is InChI=1S/C10H8F3NO3/c1-6-3-2-4-7(9(6)14(16)17)5-8(15)10(11,12)13/h2-4H,5H2,1H3. The minimum atomic E-state index is -4.97. The lowest BCUT2D eigenvalue weighted by Crippen LogP contribution is -2.25. The summed E-state index contributed by atoms with van der Waals surface area (Å²) in [4.78, 5) is 20.7. The topological polar surface area (TPSA) is 60.2 Å². The normalized spacial score (nSPS) is 11.3. The quantitative estimate of drug-likeness (QED) is 0.609. The highest BCUT2D eigenvalue weighted by molar-refractivity contribution is 5.87. The molecule has 1 aromatic carbocycles. The van der Waals surface area contributed by atoms with Gasteiger partial charge >= 0.3 is 6.18 Å². The number of nitro groups is 1. The third-order valence-electron chi connectivity index (χ3n) is 2.17. The molecule has 1 aromatic rings. The van der Waals surface area contributed by atoms with E-state index in [1.807, 2.05) is 0 Å². The molecular weight excluding hydrogens is 239 g/mol. The highest BCUT2D eigenvalue weighted by Gasteiger charge is 2.39. The number of aryl methyl sites for hydroxylation is 1. The lowest BCUT2D eigenvalue weighted by atomic mass is 10.0. The van der Waals surface area contributed by atoms with Crippen molar-refractivity contribution in [3.63, 3.8) is 0 Å². The Balaban J connectivity index is 3.12. The number of ketones is 1. The number of para-hydroxylation sites is 1. The van der Waals surface area contributed by atoms with Crippen LogP contribution in [0.1, 0.15) is 11.1 Å². The predicted molar refractivity (Wildman–Crippen MR) is 52.6 cm³/mol. The van der Waals surface area contributed by atoms with Crippen LogP contribution in [0.4, 0.5) is 18.9 Å². The van der Waals surface area contributed by atoms with Crippen molar-refractivity contribution >= 4 is 11.5 Å². The lowest BCUT2D eigenvalue weighted by Gasteiger charge is -2.06. The van der Waals surface area contributed by atoms with E-state index in [9.17, 15) is 28.1 Å². The Labute approximate surface area is 94.2 Å². The van der Waals surface area contributed by atoms with E-state index in [0.29, 0.717) is 0 Å². The summed E-state index contributed by atoms with van der Waals surface area (Å²) in [5.41, 5.74) is -0.440. The SMILES string of the molecule is Cc1cccc(CC(=O)C(F)(F)F)c1[N+](=O)[O-]. The summed E-state index contributed by atoms with van der Waals surface area (Å²) < 4.78 is 36.1. The lowest BCUT2D eigenvalue weighted by molar-refractivity contribution is -0.386. The van der Waals surface area contributed by atoms with E-state index in [-0.39, 0.29) is 11.1 Å². The number of nitrogens with zero attached hydrogens (tertiary/aromatic N) is 1. The van der Waals surface area contributed by atoms with Gasteiger partial charge in [-0.05, 0) is 6.92 Å². The van der Waals surface area contributed by atoms with Crippen LogP contribution in [0.2, 0.25) is 0 Å². The van der Waals surface area contributed by atoms with Gasteiger partial charge in [0.1, 0.15) is 0 Å². The molecule has 0 aliphatic carbocycles. The molecule has 0 atom stereocenters. The Bertz CT molecular complexity index is 468. The number of Topliss-reactive ketones (excluding diaryl/α,β-unsaturated/α-hetero) is 1. The molecule has 0 N–H and O–H groups in total. The van der Waals surface area contributed by atoms with Gasteiger partial charge in [0.15, 0.2) is 0 Å². The fourth-order valence-corrected chi connectivity index (χ4v) is 1.40. The molecule has 0 aliphatic heterocycles. The van der Waals surface area contributed by atoms with E-state index >= 15 is 0 Å². The van der Waals surface area contributed by atoms with Gasteiger partial charge in [0, 0.05) is 17.5 Å². The van der Waals surface area contributed by atoms with Crippen molar-refractivity contribution in [2.45, 2.75) is 19.5 Å². The first kappa shape index (κ1) is 13.1. The minimum absolute atomic E-state index is 0.225. The maximum Gasteiger partial charge on any atom is 0.450 e. The summed E-state index contributed by atoms with van der Waals surface area (Å²) in [6.07, 6.45) is -5.99. The van der Waals surface area contributed by atoms with Crippen LogP contribution in [0.5, 0.6) is 0 Å². The zero-order chi connectivity index (χ0) is 13.2. The molecule has 17 heavy (non-hydrogen) atoms. The van der Waals surface area contributed by atoms with Crippen LogP contribution in [0.3, 0.4) is 0 Å². The molecule has 0 saturated heterocycles. The van der Waals surface area contributed by atoms with Crippen LogP contribution in [-0.2, 0) is 11.2 Å². The van der Waals surface area contributed by atoms with Crippen molar-refractivity contribution in [1.82, 2.24) is 0 Å². The molecule has 7 heteroatoms. The number of hydrogen-bond donors (Lipinski definition) is 0. The number of benzene rings is 1. The first-order chi connectivity index (χ1) is 7.73. The van der Waals surface area contributed by atoms with E-state index in [1.54, 1.807) is 0 Å². The Hall–Kier alpha value is -1.92. The number of hydrogen-bond acceptors (Lipinski definition) is 3. The number of rotatable bonds is 3. The smallest absolute Gasteiger partial charge is 0.289 e. The second-order valence-corrected chi connectivity index (χ2v) is 3.44. The summed E-state index contributed by atoms with van der Waals surface area (Å²) in [7, 11) is 0. The molecule has 0 fully saturated rings. The molecule has 92 valence electrons. The summed E-state index contributed by atoms with van der Waals surface area (Å²) in [5, 5.41) is 10.7. The molecule has 0 bridgehead atoms. The number of carbonyl (C=O) groups is 1. The van der Waals surface area contributed by atoms with Gasteiger partial charge < -0.3 is 0 Å². The van der Waals surface area contributed by atoms with Gasteiger partial charge in [0.25, 0.3) is 5.69 Å². The van der Waals surface area contributed by atoms with Gasteiger partial charge in [0.2, 0.25) is 5.78 Å². The van der Waals surface area contributed by atoms with Crippen LogP contribution < -0.4 is 0 Å². The monoisotopic (exact) mass is 247 g/mol. The Morgan fingerprint density at radius 2 is 2.00 bits per heavy atom. The fourth-order valence-electron chi connectivity index (χ4n) is 1.40. The largest absolute Gasteiger partial charge is 0.450 e. The van der Waals surface area contributed by atoms with Gasteiger partial charge in [0.05, 0.1) is 4.92 Å². The molecule has 0 spiro atoms. The fraction of sp³-hybridized carbons (Fsp3) is 0.300. The van der Waals surface area contributed by atoms with Gasteiger partial charge in [-0.1, -0.05) is 18.2 Å².